The molecule has 0 bridgehead atoms. The van der Waals surface area contributed by atoms with Gasteiger partial charge in [0.1, 0.15) is 0 Å². The lowest BCUT2D eigenvalue weighted by atomic mass is 10.2. The fraction of sp³-hybridized carbons (Fsp3) is 0.417. The molecule has 0 heterocycles. The molecule has 0 aliphatic carbocycles. The lowest BCUT2D eigenvalue weighted by molar-refractivity contribution is 0.217. The van der Waals surface area contributed by atoms with Crippen molar-refractivity contribution in [3.63, 3.8) is 0 Å². The zero-order valence-corrected chi connectivity index (χ0v) is 11.5. The molecular formula is C12H17BrN2O. The van der Waals surface area contributed by atoms with Gasteiger partial charge in [0.25, 0.3) is 0 Å². The average molecular weight is 285 g/mol. The molecule has 0 aromatic heterocycles. The largest absolute Gasteiger partial charge is 0.325 e. The number of carbonyl (C=O) groups is 1. The van der Waals surface area contributed by atoms with E-state index >= 15 is 0 Å². The Bertz CT molecular complexity index is 375. The first kappa shape index (κ1) is 13.0. The van der Waals surface area contributed by atoms with Gasteiger partial charge in [0.2, 0.25) is 0 Å². The van der Waals surface area contributed by atoms with E-state index in [0.29, 0.717) is 0 Å². The molecule has 1 aromatic rings. The number of amides is 2. The minimum absolute atomic E-state index is 0.0459. The van der Waals surface area contributed by atoms with Crippen LogP contribution in [0.3, 0.4) is 0 Å². The normalized spacial score (nSPS) is 10.0. The maximum atomic E-state index is 11.8. The van der Waals surface area contributed by atoms with E-state index < -0.39 is 0 Å². The highest BCUT2D eigenvalue weighted by molar-refractivity contribution is 9.10. The maximum Gasteiger partial charge on any atom is 0.321 e. The van der Waals surface area contributed by atoms with Gasteiger partial charge in [-0.2, -0.15) is 0 Å². The summed E-state index contributed by atoms with van der Waals surface area (Å²) in [6.45, 7) is 7.35. The quantitative estimate of drug-likeness (QED) is 0.903. The van der Waals surface area contributed by atoms with Crippen LogP contribution in [-0.4, -0.2) is 24.0 Å². The van der Waals surface area contributed by atoms with E-state index in [1.54, 1.807) is 4.90 Å². The fourth-order valence-electron chi connectivity index (χ4n) is 1.47. The Morgan fingerprint density at radius 1 is 1.38 bits per heavy atom. The molecule has 1 rings (SSSR count). The topological polar surface area (TPSA) is 32.3 Å². The molecule has 0 fully saturated rings. The minimum atomic E-state index is -0.0459. The van der Waals surface area contributed by atoms with Crippen LogP contribution in [0.15, 0.2) is 22.7 Å². The van der Waals surface area contributed by atoms with Crippen LogP contribution in [-0.2, 0) is 0 Å². The summed E-state index contributed by atoms with van der Waals surface area (Å²) in [5.74, 6) is 0. The smallest absolute Gasteiger partial charge is 0.321 e. The van der Waals surface area contributed by atoms with Gasteiger partial charge in [0, 0.05) is 23.2 Å². The Balaban J connectivity index is 2.76. The number of nitrogens with one attached hydrogen (secondary N) is 1. The van der Waals surface area contributed by atoms with E-state index in [2.05, 4.69) is 21.2 Å². The molecule has 0 spiro atoms. The molecule has 0 atom stereocenters. The van der Waals surface area contributed by atoms with Gasteiger partial charge < -0.3 is 10.2 Å². The third kappa shape index (κ3) is 3.23. The zero-order chi connectivity index (χ0) is 12.1. The molecule has 0 radical (unpaired) electrons. The number of urea groups is 1. The summed E-state index contributed by atoms with van der Waals surface area (Å²) < 4.78 is 1.02. The lowest BCUT2D eigenvalue weighted by Gasteiger charge is -2.20. The molecule has 4 heteroatoms. The predicted molar refractivity (Wildman–Crippen MR) is 70.8 cm³/mol. The highest BCUT2D eigenvalue weighted by Gasteiger charge is 2.10. The van der Waals surface area contributed by atoms with E-state index in [4.69, 9.17) is 0 Å². The summed E-state index contributed by atoms with van der Waals surface area (Å²) in [5.41, 5.74) is 1.91. The van der Waals surface area contributed by atoms with Crippen LogP contribution < -0.4 is 5.32 Å². The van der Waals surface area contributed by atoms with Gasteiger partial charge in [-0.3, -0.25) is 0 Å². The van der Waals surface area contributed by atoms with Crippen LogP contribution in [0.25, 0.3) is 0 Å². The number of anilines is 1. The number of aryl methyl sites for hydroxylation is 1. The first-order valence-corrected chi connectivity index (χ1v) is 6.19. The third-order valence-electron chi connectivity index (χ3n) is 2.48. The van der Waals surface area contributed by atoms with E-state index in [9.17, 15) is 4.79 Å². The molecule has 0 aliphatic rings. The van der Waals surface area contributed by atoms with E-state index in [1.165, 1.54) is 0 Å². The second kappa shape index (κ2) is 5.89. The Kier molecular flexibility index (Phi) is 4.80. The van der Waals surface area contributed by atoms with Gasteiger partial charge in [0.15, 0.2) is 0 Å². The molecular weight excluding hydrogens is 268 g/mol. The van der Waals surface area contributed by atoms with Crippen molar-refractivity contribution in [3.05, 3.63) is 28.2 Å². The summed E-state index contributed by atoms with van der Waals surface area (Å²) in [6, 6.07) is 5.76. The first-order valence-electron chi connectivity index (χ1n) is 5.40. The van der Waals surface area contributed by atoms with Crippen molar-refractivity contribution >= 4 is 27.6 Å². The van der Waals surface area contributed by atoms with Gasteiger partial charge in [-0.25, -0.2) is 4.79 Å². The molecule has 16 heavy (non-hydrogen) atoms. The minimum Gasteiger partial charge on any atom is -0.325 e. The number of nitrogens with zero attached hydrogens (tertiary/aromatic N) is 1. The molecule has 0 unspecified atom stereocenters. The summed E-state index contributed by atoms with van der Waals surface area (Å²) in [6.07, 6.45) is 0. The molecule has 0 saturated carbocycles. The third-order valence-corrected chi connectivity index (χ3v) is 2.97. The van der Waals surface area contributed by atoms with Crippen molar-refractivity contribution in [2.24, 2.45) is 0 Å². The highest BCUT2D eigenvalue weighted by Crippen LogP contribution is 2.20. The SMILES string of the molecule is CCN(CC)C(=O)Nc1ccc(Br)cc1C. The summed E-state index contributed by atoms with van der Waals surface area (Å²) in [5, 5.41) is 2.91. The zero-order valence-electron chi connectivity index (χ0n) is 9.88. The summed E-state index contributed by atoms with van der Waals surface area (Å²) in [4.78, 5) is 13.6. The number of hydrogen-bond acceptors (Lipinski definition) is 1. The lowest BCUT2D eigenvalue weighted by Crippen LogP contribution is -2.34. The Morgan fingerprint density at radius 2 is 2.00 bits per heavy atom. The van der Waals surface area contributed by atoms with Crippen molar-refractivity contribution in [3.8, 4) is 0 Å². The van der Waals surface area contributed by atoms with Crippen molar-refractivity contribution in [1.29, 1.82) is 0 Å². The predicted octanol–water partition coefficient (Wildman–Crippen LogP) is 3.63. The van der Waals surface area contributed by atoms with Gasteiger partial charge in [-0.15, -0.1) is 0 Å². The van der Waals surface area contributed by atoms with Crippen LogP contribution >= 0.6 is 15.9 Å². The number of carbonyl (C=O) groups excluding carboxylic acids is 1. The summed E-state index contributed by atoms with van der Waals surface area (Å²) >= 11 is 3.40. The van der Waals surface area contributed by atoms with Gasteiger partial charge in [-0.1, -0.05) is 15.9 Å². The second-order valence-corrected chi connectivity index (χ2v) is 4.48. The second-order valence-electron chi connectivity index (χ2n) is 3.56. The Labute approximate surface area is 105 Å². The molecule has 0 saturated heterocycles. The maximum absolute atomic E-state index is 11.8. The number of benzene rings is 1. The molecule has 0 aliphatic heterocycles. The van der Waals surface area contributed by atoms with Crippen molar-refractivity contribution in [2.75, 3.05) is 18.4 Å². The molecule has 1 N–H and O–H groups in total. The number of rotatable bonds is 3. The first-order chi connectivity index (χ1) is 7.58. The van der Waals surface area contributed by atoms with Gasteiger partial charge >= 0.3 is 6.03 Å². The molecule has 2 amide bonds. The van der Waals surface area contributed by atoms with Crippen LogP contribution in [0.2, 0.25) is 0 Å². The average Bonchev–Trinajstić information content (AvgIpc) is 2.24. The number of hydrogen-bond donors (Lipinski definition) is 1. The van der Waals surface area contributed by atoms with E-state index in [0.717, 1.165) is 28.8 Å². The highest BCUT2D eigenvalue weighted by atomic mass is 79.9. The Hall–Kier alpha value is -1.03. The van der Waals surface area contributed by atoms with Gasteiger partial charge in [-0.05, 0) is 44.5 Å². The standard InChI is InChI=1S/C12H17BrN2O/c1-4-15(5-2)12(16)14-11-7-6-10(13)8-9(11)3/h6-8H,4-5H2,1-3H3,(H,14,16). The summed E-state index contributed by atoms with van der Waals surface area (Å²) in [7, 11) is 0. The van der Waals surface area contributed by atoms with Crippen LogP contribution in [0, 0.1) is 6.92 Å². The van der Waals surface area contributed by atoms with Gasteiger partial charge in [0.05, 0.1) is 0 Å². The van der Waals surface area contributed by atoms with Crippen molar-refractivity contribution in [2.45, 2.75) is 20.8 Å². The van der Waals surface area contributed by atoms with E-state index in [-0.39, 0.29) is 6.03 Å². The van der Waals surface area contributed by atoms with Crippen molar-refractivity contribution in [1.82, 2.24) is 4.90 Å². The Morgan fingerprint density at radius 3 is 2.50 bits per heavy atom. The van der Waals surface area contributed by atoms with Crippen LogP contribution in [0.5, 0.6) is 0 Å². The molecule has 88 valence electrons. The molecule has 3 nitrogen and oxygen atoms in total. The van der Waals surface area contributed by atoms with E-state index in [1.807, 2.05) is 39.0 Å². The molecule has 1 aromatic carbocycles. The monoisotopic (exact) mass is 284 g/mol. The van der Waals surface area contributed by atoms with Crippen LogP contribution in [0.4, 0.5) is 10.5 Å². The van der Waals surface area contributed by atoms with Crippen molar-refractivity contribution < 1.29 is 4.79 Å². The number of halogens is 1. The fourth-order valence-corrected chi connectivity index (χ4v) is 1.95. The van der Waals surface area contributed by atoms with Crippen LogP contribution in [0.1, 0.15) is 19.4 Å².